The van der Waals surface area contributed by atoms with Crippen molar-refractivity contribution in [3.05, 3.63) is 23.9 Å². The second-order valence-corrected chi connectivity index (χ2v) is 8.68. The quantitative estimate of drug-likeness (QED) is 0.752. The summed E-state index contributed by atoms with van der Waals surface area (Å²) in [6.07, 6.45) is 8.46. The number of carbonyl (C=O) groups is 1. The Bertz CT molecular complexity index is 670. The molecule has 2 aliphatic heterocycles. The highest BCUT2D eigenvalue weighted by Crippen LogP contribution is 2.38. The first-order chi connectivity index (χ1) is 13.6. The first kappa shape index (κ1) is 19.6. The van der Waals surface area contributed by atoms with Crippen molar-refractivity contribution in [2.24, 2.45) is 5.92 Å². The number of amides is 1. The van der Waals surface area contributed by atoms with Gasteiger partial charge in [0.15, 0.2) is 0 Å². The number of ether oxygens (including phenoxy) is 1. The zero-order valence-corrected chi connectivity index (χ0v) is 17.3. The van der Waals surface area contributed by atoms with Crippen LogP contribution in [0.2, 0.25) is 0 Å². The van der Waals surface area contributed by atoms with E-state index in [-0.39, 0.29) is 12.0 Å². The number of hydrogen-bond donors (Lipinski definition) is 0. The average Bonchev–Trinajstić information content (AvgIpc) is 3.58. The Kier molecular flexibility index (Phi) is 6.16. The average molecular weight is 387 g/mol. The third-order valence-corrected chi connectivity index (χ3v) is 6.33. The van der Waals surface area contributed by atoms with E-state index in [9.17, 15) is 4.79 Å². The van der Waals surface area contributed by atoms with Gasteiger partial charge in [0.2, 0.25) is 0 Å². The fraction of sp³-hybridized carbons (Fsp3) is 0.727. The summed E-state index contributed by atoms with van der Waals surface area (Å²) in [6.45, 7) is 7.48. The minimum atomic E-state index is 0.131. The summed E-state index contributed by atoms with van der Waals surface area (Å²) >= 11 is 0. The molecule has 1 aromatic rings. The van der Waals surface area contributed by atoms with Crippen LogP contribution in [0.5, 0.6) is 0 Å². The van der Waals surface area contributed by atoms with Crippen molar-refractivity contribution in [1.82, 2.24) is 14.8 Å². The SMILES string of the molecule is CCCC[C@@H]1CN(c2cc(C(=O)N3CCN(C)CC3)ccn2)C[C@H](C2CC2)O1. The molecule has 1 aromatic heterocycles. The number of carbonyl (C=O) groups excluding carboxylic acids is 1. The summed E-state index contributed by atoms with van der Waals surface area (Å²) < 4.78 is 6.40. The summed E-state index contributed by atoms with van der Waals surface area (Å²) in [5.41, 5.74) is 0.758. The molecule has 6 heteroatoms. The molecule has 0 radical (unpaired) electrons. The Morgan fingerprint density at radius 2 is 2.00 bits per heavy atom. The minimum absolute atomic E-state index is 0.131. The summed E-state index contributed by atoms with van der Waals surface area (Å²) in [6, 6.07) is 3.85. The maximum Gasteiger partial charge on any atom is 0.254 e. The monoisotopic (exact) mass is 386 g/mol. The predicted molar refractivity (Wildman–Crippen MR) is 111 cm³/mol. The zero-order chi connectivity index (χ0) is 19.5. The number of nitrogens with zero attached hydrogens (tertiary/aromatic N) is 4. The van der Waals surface area contributed by atoms with E-state index in [1.807, 2.05) is 17.0 Å². The molecular weight excluding hydrogens is 352 g/mol. The third kappa shape index (κ3) is 4.66. The molecule has 4 rings (SSSR count). The van der Waals surface area contributed by atoms with Crippen LogP contribution < -0.4 is 4.90 Å². The van der Waals surface area contributed by atoms with Gasteiger partial charge >= 0.3 is 0 Å². The van der Waals surface area contributed by atoms with Gasteiger partial charge in [-0.05, 0) is 44.4 Å². The van der Waals surface area contributed by atoms with Crippen molar-refractivity contribution < 1.29 is 9.53 Å². The minimum Gasteiger partial charge on any atom is -0.371 e. The van der Waals surface area contributed by atoms with Crippen LogP contribution in [0.25, 0.3) is 0 Å². The molecule has 0 unspecified atom stereocenters. The maximum atomic E-state index is 13.0. The van der Waals surface area contributed by atoms with Gasteiger partial charge in [0.25, 0.3) is 5.91 Å². The second-order valence-electron chi connectivity index (χ2n) is 8.68. The Balaban J connectivity index is 1.46. The van der Waals surface area contributed by atoms with Gasteiger partial charge in [0, 0.05) is 51.0 Å². The summed E-state index contributed by atoms with van der Waals surface area (Å²) in [5, 5.41) is 0. The number of piperazine rings is 1. The Morgan fingerprint density at radius 3 is 2.71 bits per heavy atom. The van der Waals surface area contributed by atoms with Crippen LogP contribution in [0.4, 0.5) is 5.82 Å². The molecule has 0 aromatic carbocycles. The van der Waals surface area contributed by atoms with Gasteiger partial charge in [0.05, 0.1) is 12.2 Å². The molecule has 2 saturated heterocycles. The normalized spacial score (nSPS) is 26.5. The molecule has 0 N–H and O–H groups in total. The van der Waals surface area contributed by atoms with E-state index in [2.05, 4.69) is 28.8 Å². The molecule has 3 aliphatic rings. The summed E-state index contributed by atoms with van der Waals surface area (Å²) in [4.78, 5) is 24.2. The standard InChI is InChI=1S/C22H34N4O2/c1-3-4-5-19-15-26(16-20(28-19)17-6-7-17)21-14-18(8-9-23-21)22(27)25-12-10-24(2)11-13-25/h8-9,14,17,19-20H,3-7,10-13,15-16H2,1-2H3/t19-,20-/m1/s1. The number of hydrogen-bond acceptors (Lipinski definition) is 5. The number of anilines is 1. The lowest BCUT2D eigenvalue weighted by Crippen LogP contribution is -2.49. The topological polar surface area (TPSA) is 48.9 Å². The highest BCUT2D eigenvalue weighted by Gasteiger charge is 2.38. The molecule has 28 heavy (non-hydrogen) atoms. The number of morpholine rings is 1. The Morgan fingerprint density at radius 1 is 1.21 bits per heavy atom. The summed E-state index contributed by atoms with van der Waals surface area (Å²) in [5.74, 6) is 1.77. The van der Waals surface area contributed by atoms with Gasteiger partial charge in [0.1, 0.15) is 5.82 Å². The summed E-state index contributed by atoms with van der Waals surface area (Å²) in [7, 11) is 2.11. The molecule has 154 valence electrons. The Hall–Kier alpha value is -1.66. The van der Waals surface area contributed by atoms with Crippen LogP contribution in [0.15, 0.2) is 18.3 Å². The lowest BCUT2D eigenvalue weighted by molar-refractivity contribution is -0.0411. The van der Waals surface area contributed by atoms with Crippen molar-refractivity contribution >= 4 is 11.7 Å². The number of unbranched alkanes of at least 4 members (excludes halogenated alkanes) is 1. The number of aromatic nitrogens is 1. The fourth-order valence-corrected chi connectivity index (χ4v) is 4.29. The van der Waals surface area contributed by atoms with Crippen LogP contribution in [0, 0.1) is 5.92 Å². The lowest BCUT2D eigenvalue weighted by atomic mass is 10.1. The highest BCUT2D eigenvalue weighted by molar-refractivity contribution is 5.95. The highest BCUT2D eigenvalue weighted by atomic mass is 16.5. The predicted octanol–water partition coefficient (Wildman–Crippen LogP) is 2.64. The van der Waals surface area contributed by atoms with Gasteiger partial charge in [-0.3, -0.25) is 4.79 Å². The van der Waals surface area contributed by atoms with Crippen molar-refractivity contribution in [2.75, 3.05) is 51.2 Å². The van der Waals surface area contributed by atoms with E-state index >= 15 is 0 Å². The first-order valence-electron chi connectivity index (χ1n) is 11.0. The molecule has 0 spiro atoms. The fourth-order valence-electron chi connectivity index (χ4n) is 4.29. The molecule has 1 saturated carbocycles. The Labute approximate surface area is 168 Å². The van der Waals surface area contributed by atoms with Crippen LogP contribution in [-0.2, 0) is 4.74 Å². The van der Waals surface area contributed by atoms with Crippen LogP contribution in [-0.4, -0.2) is 79.2 Å². The second kappa shape index (κ2) is 8.78. The van der Waals surface area contributed by atoms with Gasteiger partial charge in [-0.25, -0.2) is 4.98 Å². The zero-order valence-electron chi connectivity index (χ0n) is 17.3. The smallest absolute Gasteiger partial charge is 0.254 e. The van der Waals surface area contributed by atoms with Crippen LogP contribution >= 0.6 is 0 Å². The van der Waals surface area contributed by atoms with Crippen LogP contribution in [0.3, 0.4) is 0 Å². The maximum absolute atomic E-state index is 13.0. The van der Waals surface area contributed by atoms with Crippen LogP contribution in [0.1, 0.15) is 49.4 Å². The molecule has 2 atom stereocenters. The molecule has 3 heterocycles. The number of likely N-dealkylation sites (N-methyl/N-ethyl adjacent to an activating group) is 1. The van der Waals surface area contributed by atoms with Gasteiger partial charge in [-0.2, -0.15) is 0 Å². The number of rotatable bonds is 6. The van der Waals surface area contributed by atoms with E-state index in [4.69, 9.17) is 4.74 Å². The van der Waals surface area contributed by atoms with Crippen molar-refractivity contribution in [3.8, 4) is 0 Å². The molecule has 1 aliphatic carbocycles. The van der Waals surface area contributed by atoms with Crippen molar-refractivity contribution in [2.45, 2.75) is 51.2 Å². The van der Waals surface area contributed by atoms with Gasteiger partial charge < -0.3 is 19.4 Å². The number of pyridine rings is 1. The van der Waals surface area contributed by atoms with E-state index in [0.29, 0.717) is 12.0 Å². The van der Waals surface area contributed by atoms with Gasteiger partial charge in [-0.1, -0.05) is 19.8 Å². The first-order valence-corrected chi connectivity index (χ1v) is 11.0. The van der Waals surface area contributed by atoms with Gasteiger partial charge in [-0.15, -0.1) is 0 Å². The molecule has 1 amide bonds. The molecule has 0 bridgehead atoms. The largest absolute Gasteiger partial charge is 0.371 e. The van der Waals surface area contributed by atoms with Crippen molar-refractivity contribution in [1.29, 1.82) is 0 Å². The molecule has 6 nitrogen and oxygen atoms in total. The van der Waals surface area contributed by atoms with E-state index in [1.165, 1.54) is 25.7 Å². The van der Waals surface area contributed by atoms with E-state index in [0.717, 1.165) is 57.1 Å². The molecule has 3 fully saturated rings. The van der Waals surface area contributed by atoms with E-state index < -0.39 is 0 Å². The van der Waals surface area contributed by atoms with E-state index in [1.54, 1.807) is 6.20 Å². The third-order valence-electron chi connectivity index (χ3n) is 6.33. The lowest BCUT2D eigenvalue weighted by Gasteiger charge is -2.39. The van der Waals surface area contributed by atoms with Crippen molar-refractivity contribution in [3.63, 3.8) is 0 Å². The molecular formula is C22H34N4O2.